The van der Waals surface area contributed by atoms with Crippen molar-refractivity contribution in [3.63, 3.8) is 0 Å². The molecule has 4 fully saturated rings. The van der Waals surface area contributed by atoms with Gasteiger partial charge in [0.05, 0.1) is 13.1 Å². The number of halogens is 2. The first kappa shape index (κ1) is 33.9. The molecule has 0 radical (unpaired) electrons. The maximum atomic E-state index is 15.7. The van der Waals surface area contributed by atoms with Gasteiger partial charge < -0.3 is 24.6 Å². The second-order valence-corrected chi connectivity index (χ2v) is 16.0. The van der Waals surface area contributed by atoms with Crippen molar-refractivity contribution < 1.29 is 27.8 Å². The molecule has 10 heteroatoms. The minimum Gasteiger partial charge on any atom is -0.444 e. The highest BCUT2D eigenvalue weighted by Crippen LogP contribution is 2.51. The number of nitrogens with zero attached hydrogens (tertiary/aromatic N) is 3. The van der Waals surface area contributed by atoms with E-state index < -0.39 is 29.1 Å². The zero-order chi connectivity index (χ0) is 32.6. The molecule has 8 nitrogen and oxygen atoms in total. The van der Waals surface area contributed by atoms with Crippen LogP contribution < -0.4 is 5.32 Å². The largest absolute Gasteiger partial charge is 0.444 e. The normalized spacial score (nSPS) is 26.0. The van der Waals surface area contributed by atoms with Crippen LogP contribution in [0.2, 0.25) is 0 Å². The number of amides is 2. The Labute approximate surface area is 268 Å². The van der Waals surface area contributed by atoms with Crippen molar-refractivity contribution in [1.29, 1.82) is 0 Å². The van der Waals surface area contributed by atoms with E-state index in [1.54, 1.807) is 6.07 Å². The number of carbonyl (C=O) groups excluding carboxylic acids is 2. The van der Waals surface area contributed by atoms with E-state index in [0.29, 0.717) is 0 Å². The lowest BCUT2D eigenvalue weighted by Gasteiger charge is -2.54. The maximum absolute atomic E-state index is 15.7. The highest BCUT2D eigenvalue weighted by molar-refractivity contribution is 5.69. The van der Waals surface area contributed by atoms with Crippen LogP contribution in [-0.4, -0.2) is 102 Å². The summed E-state index contributed by atoms with van der Waals surface area (Å²) < 4.78 is 41.8. The minimum absolute atomic E-state index is 0.0458. The van der Waals surface area contributed by atoms with Crippen molar-refractivity contribution in [3.8, 4) is 0 Å². The van der Waals surface area contributed by atoms with Crippen molar-refractivity contribution in [2.45, 2.75) is 108 Å². The van der Waals surface area contributed by atoms with Crippen LogP contribution >= 0.6 is 0 Å². The van der Waals surface area contributed by atoms with Crippen molar-refractivity contribution in [3.05, 3.63) is 35.6 Å². The summed E-state index contributed by atoms with van der Waals surface area (Å²) in [5.74, 6) is 0.106. The van der Waals surface area contributed by atoms with Gasteiger partial charge in [0.1, 0.15) is 17.0 Å². The number of hydrogen-bond donors (Lipinski definition) is 1. The van der Waals surface area contributed by atoms with Crippen molar-refractivity contribution in [1.82, 2.24) is 20.0 Å². The minimum atomic E-state index is -1.45. The molecule has 3 saturated heterocycles. The van der Waals surface area contributed by atoms with E-state index in [2.05, 4.69) is 21.2 Å². The van der Waals surface area contributed by atoms with E-state index in [1.807, 2.05) is 47.6 Å². The summed E-state index contributed by atoms with van der Waals surface area (Å²) in [6.45, 7) is 15.7. The van der Waals surface area contributed by atoms with E-state index in [0.717, 1.165) is 76.8 Å². The summed E-state index contributed by atoms with van der Waals surface area (Å²) >= 11 is 0. The lowest BCUT2D eigenvalue weighted by Crippen LogP contribution is -2.66. The molecule has 0 bridgehead atoms. The molecule has 4 aliphatic rings. The number of alkyl carbamates (subject to hydrolysis) is 1. The van der Waals surface area contributed by atoms with Crippen LogP contribution in [0.25, 0.3) is 0 Å². The molecule has 252 valence electrons. The van der Waals surface area contributed by atoms with E-state index in [-0.39, 0.29) is 48.7 Å². The monoisotopic (exact) mass is 632 g/mol. The molecule has 1 aromatic rings. The van der Waals surface area contributed by atoms with E-state index in [1.165, 1.54) is 11.0 Å². The van der Waals surface area contributed by atoms with Crippen LogP contribution in [0.15, 0.2) is 24.3 Å². The van der Waals surface area contributed by atoms with Gasteiger partial charge in [0.2, 0.25) is 0 Å². The van der Waals surface area contributed by atoms with E-state index >= 15 is 4.39 Å². The van der Waals surface area contributed by atoms with Gasteiger partial charge in [0.25, 0.3) is 0 Å². The Morgan fingerprint density at radius 1 is 0.911 bits per heavy atom. The number of piperidine rings is 1. The van der Waals surface area contributed by atoms with Crippen molar-refractivity contribution in [2.24, 2.45) is 11.8 Å². The fraction of sp³-hybridized carbons (Fsp3) is 0.771. The van der Waals surface area contributed by atoms with Gasteiger partial charge in [-0.3, -0.25) is 4.90 Å². The zero-order valence-electron chi connectivity index (χ0n) is 28.2. The van der Waals surface area contributed by atoms with E-state index in [9.17, 15) is 14.0 Å². The number of rotatable bonds is 8. The van der Waals surface area contributed by atoms with Crippen LogP contribution in [-0.2, 0) is 14.9 Å². The Morgan fingerprint density at radius 3 is 2.16 bits per heavy atom. The average Bonchev–Trinajstić information content (AvgIpc) is 3.33. The summed E-state index contributed by atoms with van der Waals surface area (Å²) in [6.07, 6.45) is 4.78. The number of benzene rings is 1. The number of likely N-dealkylation sites (tertiary alicyclic amines) is 3. The molecule has 1 saturated carbocycles. The number of carbonyl (C=O) groups is 2. The fourth-order valence-electron chi connectivity index (χ4n) is 8.19. The third-order valence-corrected chi connectivity index (χ3v) is 10.1. The molecular formula is C35H54F2N4O4. The molecule has 5 rings (SSSR count). The molecule has 45 heavy (non-hydrogen) atoms. The predicted octanol–water partition coefficient (Wildman–Crippen LogP) is 6.13. The molecule has 1 aromatic carbocycles. The molecule has 3 heterocycles. The van der Waals surface area contributed by atoms with Gasteiger partial charge >= 0.3 is 12.2 Å². The van der Waals surface area contributed by atoms with Crippen LogP contribution in [0.1, 0.15) is 85.6 Å². The Hall–Kier alpha value is -2.46. The topological polar surface area (TPSA) is 74.4 Å². The molecular weight excluding hydrogens is 578 g/mol. The van der Waals surface area contributed by atoms with Crippen LogP contribution in [0.5, 0.6) is 0 Å². The SMILES string of the molecule is CC(C)(C)OC(=O)N[C@H]1CCC[C@@H]1C(CN1CCC1)(c1cccc(F)c1)C1CCN(CC2(F)CN(C(=O)OC(C)(C)C)C2)CC1. The standard InChI is InChI=1S/C35H54F2N4O4/c1-32(2,3)44-30(42)38-29-13-8-12-28(29)35(24-39-16-9-17-39,26-10-7-11-27(36)20-26)25-14-18-40(19-15-25)21-34(37)22-41(23-34)31(43)45-33(4,5)6/h7,10-11,20,25,28-29H,8-9,12-19,21-24H2,1-6H3,(H,38,42)/t28-,29-,35?/m0/s1. The Morgan fingerprint density at radius 2 is 1.58 bits per heavy atom. The molecule has 3 aliphatic heterocycles. The molecule has 1 aliphatic carbocycles. The lowest BCUT2D eigenvalue weighted by atomic mass is 9.57. The summed E-state index contributed by atoms with van der Waals surface area (Å²) in [5.41, 5.74) is -2.03. The number of ether oxygens (including phenoxy) is 2. The molecule has 0 aromatic heterocycles. The van der Waals surface area contributed by atoms with Crippen LogP contribution in [0, 0.1) is 17.7 Å². The van der Waals surface area contributed by atoms with Gasteiger partial charge in [0.15, 0.2) is 5.67 Å². The molecule has 0 spiro atoms. The summed E-state index contributed by atoms with van der Waals surface area (Å²) in [4.78, 5) is 31.5. The lowest BCUT2D eigenvalue weighted by molar-refractivity contribution is -0.0698. The second-order valence-electron chi connectivity index (χ2n) is 16.0. The summed E-state index contributed by atoms with van der Waals surface area (Å²) in [5, 5.41) is 3.23. The van der Waals surface area contributed by atoms with Crippen LogP contribution in [0.3, 0.4) is 0 Å². The summed E-state index contributed by atoms with van der Waals surface area (Å²) in [6, 6.07) is 7.03. The first-order chi connectivity index (χ1) is 21.1. The molecule has 2 amide bonds. The Balaban J connectivity index is 1.34. The first-order valence-corrected chi connectivity index (χ1v) is 16.9. The molecule has 3 atom stereocenters. The molecule has 1 unspecified atom stereocenters. The first-order valence-electron chi connectivity index (χ1n) is 16.9. The van der Waals surface area contributed by atoms with Crippen LogP contribution in [0.4, 0.5) is 18.4 Å². The maximum Gasteiger partial charge on any atom is 0.410 e. The second kappa shape index (κ2) is 13.0. The fourth-order valence-corrected chi connectivity index (χ4v) is 8.19. The van der Waals surface area contributed by atoms with Crippen molar-refractivity contribution >= 4 is 12.2 Å². The van der Waals surface area contributed by atoms with Gasteiger partial charge in [0, 0.05) is 24.5 Å². The van der Waals surface area contributed by atoms with Gasteiger partial charge in [-0.2, -0.15) is 0 Å². The van der Waals surface area contributed by atoms with E-state index in [4.69, 9.17) is 9.47 Å². The highest BCUT2D eigenvalue weighted by atomic mass is 19.1. The third-order valence-electron chi connectivity index (χ3n) is 10.1. The third kappa shape index (κ3) is 8.10. The number of nitrogens with one attached hydrogen (secondary N) is 1. The smallest absolute Gasteiger partial charge is 0.410 e. The van der Waals surface area contributed by atoms with Gasteiger partial charge in [-0.15, -0.1) is 0 Å². The summed E-state index contributed by atoms with van der Waals surface area (Å²) in [7, 11) is 0. The van der Waals surface area contributed by atoms with Gasteiger partial charge in [-0.1, -0.05) is 18.6 Å². The highest BCUT2D eigenvalue weighted by Gasteiger charge is 2.54. The predicted molar refractivity (Wildman–Crippen MR) is 170 cm³/mol. The Kier molecular flexibility index (Phi) is 9.77. The average molecular weight is 633 g/mol. The van der Waals surface area contributed by atoms with Gasteiger partial charge in [-0.05, 0) is 129 Å². The Bertz CT molecular complexity index is 1200. The number of alkyl halides is 1. The zero-order valence-corrected chi connectivity index (χ0v) is 28.2. The quantitative estimate of drug-likeness (QED) is 0.372. The number of hydrogen-bond acceptors (Lipinski definition) is 6. The van der Waals surface area contributed by atoms with Crippen molar-refractivity contribution in [2.75, 3.05) is 52.4 Å². The van der Waals surface area contributed by atoms with Gasteiger partial charge in [-0.25, -0.2) is 18.4 Å². The molecule has 1 N–H and O–H groups in total.